The summed E-state index contributed by atoms with van der Waals surface area (Å²) in [5.74, 6) is -2.40. The monoisotopic (exact) mass is 848 g/mol. The Morgan fingerprint density at radius 2 is 0.603 bits per heavy atom. The first-order valence-corrected chi connectivity index (χ1v) is 21.1. The number of ether oxygens (including phenoxy) is 2. The van der Waals surface area contributed by atoms with Crippen LogP contribution in [0.4, 0.5) is 0 Å². The van der Waals surface area contributed by atoms with Crippen molar-refractivity contribution in [3.8, 4) is 11.5 Å². The molecule has 0 aliphatic heterocycles. The van der Waals surface area contributed by atoms with E-state index in [2.05, 4.69) is 38.1 Å². The molecule has 10 nitrogen and oxygen atoms in total. The molecule has 324 valence electrons. The van der Waals surface area contributed by atoms with Gasteiger partial charge in [0.2, 0.25) is 0 Å². The molecule has 0 saturated carbocycles. The average molecular weight is 849 g/mol. The fraction of sp³-hybridized carbons (Fsp3) is 0.245. The van der Waals surface area contributed by atoms with Crippen molar-refractivity contribution < 1.29 is 49.1 Å². The highest BCUT2D eigenvalue weighted by molar-refractivity contribution is 5.89. The lowest BCUT2D eigenvalue weighted by atomic mass is 9.78. The largest absolute Gasteiger partial charge is 0.490 e. The third-order valence-corrected chi connectivity index (χ3v) is 11.6. The molecule has 0 atom stereocenters. The lowest BCUT2D eigenvalue weighted by Gasteiger charge is -2.27. The van der Waals surface area contributed by atoms with Crippen LogP contribution in [-0.4, -0.2) is 56.5 Å². The van der Waals surface area contributed by atoms with Gasteiger partial charge in [0.15, 0.2) is 0 Å². The Balaban J connectivity index is 1.11. The molecule has 0 fully saturated rings. The second-order valence-electron chi connectivity index (χ2n) is 16.3. The Morgan fingerprint density at radius 1 is 0.381 bits per heavy atom. The smallest absolute Gasteiger partial charge is 0.335 e. The molecule has 6 rings (SSSR count). The average Bonchev–Trinajstić information content (AvgIpc) is 3.29. The maximum absolute atomic E-state index is 11.4. The van der Waals surface area contributed by atoms with Crippen molar-refractivity contribution in [1.29, 1.82) is 0 Å². The Kier molecular flexibility index (Phi) is 15.1. The first-order valence-electron chi connectivity index (χ1n) is 21.1. The summed E-state index contributed by atoms with van der Waals surface area (Å²) in [6.07, 6.45) is 5.24. The Labute approximate surface area is 367 Å². The van der Waals surface area contributed by atoms with Crippen LogP contribution in [0.1, 0.15) is 114 Å². The van der Waals surface area contributed by atoms with Crippen LogP contribution in [0.3, 0.4) is 0 Å². The van der Waals surface area contributed by atoms with Crippen molar-refractivity contribution >= 4 is 23.9 Å². The number of carbonyl (C=O) groups is 4. The van der Waals surface area contributed by atoms with Crippen LogP contribution in [0, 0.1) is 0 Å². The minimum atomic E-state index is -0.966. The minimum absolute atomic E-state index is 0.159. The highest BCUT2D eigenvalue weighted by Gasteiger charge is 2.24. The first-order chi connectivity index (χ1) is 30.2. The Hall–Kier alpha value is -7.20. The third-order valence-electron chi connectivity index (χ3n) is 11.6. The lowest BCUT2D eigenvalue weighted by molar-refractivity contribution is 0.0686. The van der Waals surface area contributed by atoms with Crippen molar-refractivity contribution in [3.63, 3.8) is 0 Å². The van der Waals surface area contributed by atoms with Crippen LogP contribution in [0.15, 0.2) is 146 Å². The number of rotatable bonds is 22. The molecule has 0 bridgehead atoms. The standard InChI is InChI=1S/C53H52O10/c1-53(2,43-23-31-47(32-24-43)62-45(27-11-35-3-15-39(16-4-35)49(54)55)28-12-36-5-17-40(18-6-36)50(56)57)44-25-33-48(34-26-44)63-46(29-13-37-7-19-41(20-8-37)51(58)59)30-14-38-9-21-42(22-10-38)52(60)61/h3-10,15-26,31-34,45-46H,11-14,27-30H2,1-2H3,(H,54,55)(H,56,57)(H,58,59)(H,60,61). The quantitative estimate of drug-likeness (QED) is 0.0516. The van der Waals surface area contributed by atoms with Gasteiger partial charge in [0, 0.05) is 5.41 Å². The van der Waals surface area contributed by atoms with Gasteiger partial charge in [0.05, 0.1) is 34.5 Å². The van der Waals surface area contributed by atoms with E-state index in [0.717, 1.165) is 44.9 Å². The van der Waals surface area contributed by atoms with Crippen LogP contribution in [0.2, 0.25) is 0 Å². The molecule has 0 aliphatic carbocycles. The van der Waals surface area contributed by atoms with Gasteiger partial charge in [-0.1, -0.05) is 86.6 Å². The molecule has 0 radical (unpaired) electrons. The molecule has 0 unspecified atom stereocenters. The zero-order chi connectivity index (χ0) is 44.9. The van der Waals surface area contributed by atoms with E-state index in [4.69, 9.17) is 9.47 Å². The predicted octanol–water partition coefficient (Wildman–Crippen LogP) is 10.8. The number of carboxylic acids is 4. The van der Waals surface area contributed by atoms with Crippen molar-refractivity contribution in [2.24, 2.45) is 0 Å². The molecule has 6 aromatic carbocycles. The SMILES string of the molecule is CC(C)(c1ccc(OC(CCc2ccc(C(=O)O)cc2)CCc2ccc(C(=O)O)cc2)cc1)c1ccc(OC(CCc2ccc(C(=O)O)cc2)CCc2ccc(C(=O)O)cc2)cc1. The van der Waals surface area contributed by atoms with Crippen LogP contribution in [-0.2, 0) is 31.1 Å². The second kappa shape index (κ2) is 21.1. The predicted molar refractivity (Wildman–Crippen MR) is 241 cm³/mol. The fourth-order valence-corrected chi connectivity index (χ4v) is 7.54. The third kappa shape index (κ3) is 12.9. The zero-order valence-corrected chi connectivity index (χ0v) is 35.4. The van der Waals surface area contributed by atoms with Crippen LogP contribution in [0.25, 0.3) is 0 Å². The van der Waals surface area contributed by atoms with Crippen LogP contribution < -0.4 is 9.47 Å². The second-order valence-corrected chi connectivity index (χ2v) is 16.3. The normalized spacial score (nSPS) is 11.4. The van der Waals surface area contributed by atoms with Gasteiger partial charge in [0.1, 0.15) is 11.5 Å². The summed E-state index contributed by atoms with van der Waals surface area (Å²) in [7, 11) is 0. The molecule has 4 N–H and O–H groups in total. The van der Waals surface area contributed by atoms with E-state index >= 15 is 0 Å². The Morgan fingerprint density at radius 3 is 0.810 bits per heavy atom. The molecule has 6 aromatic rings. The van der Waals surface area contributed by atoms with Gasteiger partial charge in [-0.15, -0.1) is 0 Å². The molecule has 0 heterocycles. The number of benzene rings is 6. The van der Waals surface area contributed by atoms with Gasteiger partial charge in [-0.2, -0.15) is 0 Å². The van der Waals surface area contributed by atoms with E-state index in [-0.39, 0.29) is 39.9 Å². The van der Waals surface area contributed by atoms with E-state index in [1.165, 1.54) is 0 Å². The van der Waals surface area contributed by atoms with Crippen molar-refractivity contribution in [1.82, 2.24) is 0 Å². The molecule has 63 heavy (non-hydrogen) atoms. The highest BCUT2D eigenvalue weighted by atomic mass is 16.5. The zero-order valence-electron chi connectivity index (χ0n) is 35.4. The molecular weight excluding hydrogens is 797 g/mol. The molecular formula is C53H52O10. The highest BCUT2D eigenvalue weighted by Crippen LogP contribution is 2.34. The van der Waals surface area contributed by atoms with Gasteiger partial charge >= 0.3 is 23.9 Å². The van der Waals surface area contributed by atoms with Gasteiger partial charge < -0.3 is 29.9 Å². The Bertz CT molecular complexity index is 2160. The van der Waals surface area contributed by atoms with Gasteiger partial charge in [-0.3, -0.25) is 0 Å². The topological polar surface area (TPSA) is 168 Å². The van der Waals surface area contributed by atoms with Gasteiger partial charge in [-0.25, -0.2) is 19.2 Å². The molecule has 0 amide bonds. The summed E-state index contributed by atoms with van der Waals surface area (Å²) in [5, 5.41) is 37.2. The number of aromatic carboxylic acids is 4. The summed E-state index contributed by atoms with van der Waals surface area (Å²) in [5.41, 5.74) is 6.84. The summed E-state index contributed by atoms with van der Waals surface area (Å²) in [4.78, 5) is 45.4. The van der Waals surface area contributed by atoms with E-state index in [1.807, 2.05) is 72.8 Å². The minimum Gasteiger partial charge on any atom is -0.490 e. The van der Waals surface area contributed by atoms with Gasteiger partial charge in [-0.05, 0) is 158 Å². The molecule has 0 aliphatic rings. The molecule has 0 aromatic heterocycles. The maximum Gasteiger partial charge on any atom is 0.335 e. The number of hydrogen-bond donors (Lipinski definition) is 4. The van der Waals surface area contributed by atoms with E-state index in [9.17, 15) is 39.6 Å². The van der Waals surface area contributed by atoms with Crippen LogP contribution >= 0.6 is 0 Å². The van der Waals surface area contributed by atoms with E-state index in [1.54, 1.807) is 48.5 Å². The molecule has 10 heteroatoms. The summed E-state index contributed by atoms with van der Waals surface area (Å²) < 4.78 is 13.2. The number of aryl methyl sites for hydroxylation is 4. The summed E-state index contributed by atoms with van der Waals surface area (Å²) in [6.45, 7) is 4.34. The molecule has 0 spiro atoms. The van der Waals surface area contributed by atoms with Crippen molar-refractivity contribution in [2.45, 2.75) is 82.8 Å². The van der Waals surface area contributed by atoms with Crippen LogP contribution in [0.5, 0.6) is 11.5 Å². The fourth-order valence-electron chi connectivity index (χ4n) is 7.54. The van der Waals surface area contributed by atoms with Gasteiger partial charge in [0.25, 0.3) is 0 Å². The van der Waals surface area contributed by atoms with E-state index in [0.29, 0.717) is 51.4 Å². The lowest BCUT2D eigenvalue weighted by Crippen LogP contribution is -2.21. The molecule has 0 saturated heterocycles. The van der Waals surface area contributed by atoms with Crippen molar-refractivity contribution in [2.75, 3.05) is 0 Å². The van der Waals surface area contributed by atoms with E-state index < -0.39 is 23.9 Å². The number of hydrogen-bond acceptors (Lipinski definition) is 6. The maximum atomic E-state index is 11.4. The summed E-state index contributed by atoms with van der Waals surface area (Å²) >= 11 is 0. The van der Waals surface area contributed by atoms with Crippen molar-refractivity contribution in [3.05, 3.63) is 201 Å². The first kappa shape index (κ1) is 45.3. The summed E-state index contributed by atoms with van der Waals surface area (Å²) in [6, 6.07) is 43.8. The number of carboxylic acid groups (broad SMARTS) is 4.